The maximum Gasteiger partial charge on any atom is 0.338 e. The molecule has 0 atom stereocenters. The lowest BCUT2D eigenvalue weighted by Gasteiger charge is -2.15. The van der Waals surface area contributed by atoms with Crippen molar-refractivity contribution in [3.8, 4) is 0 Å². The summed E-state index contributed by atoms with van der Waals surface area (Å²) in [4.78, 5) is 38.2. The van der Waals surface area contributed by atoms with Gasteiger partial charge in [0.15, 0.2) is 0 Å². The van der Waals surface area contributed by atoms with Crippen molar-refractivity contribution in [1.29, 1.82) is 0 Å². The van der Waals surface area contributed by atoms with E-state index in [2.05, 4.69) is 0 Å². The van der Waals surface area contributed by atoms with Gasteiger partial charge in [0.25, 0.3) is 11.8 Å². The number of halogens is 2. The van der Waals surface area contributed by atoms with E-state index in [1.807, 2.05) is 6.92 Å². The van der Waals surface area contributed by atoms with E-state index in [0.717, 1.165) is 4.90 Å². The second-order valence-corrected chi connectivity index (χ2v) is 6.40. The number of benzene rings is 2. The van der Waals surface area contributed by atoms with Crippen molar-refractivity contribution in [3.05, 3.63) is 70.5 Å². The minimum Gasteiger partial charge on any atom is -0.460 e. The Balaban J connectivity index is 1.76. The van der Waals surface area contributed by atoms with E-state index in [9.17, 15) is 18.8 Å². The van der Waals surface area contributed by atoms with Crippen LogP contribution in [0.3, 0.4) is 0 Å². The van der Waals surface area contributed by atoms with Crippen LogP contribution in [0.15, 0.2) is 53.6 Å². The number of ether oxygens (including phenoxy) is 2. The Morgan fingerprint density at radius 2 is 1.66 bits per heavy atom. The monoisotopic (exact) mass is 417 g/mol. The van der Waals surface area contributed by atoms with Crippen molar-refractivity contribution in [1.82, 2.24) is 0 Å². The lowest BCUT2D eigenvalue weighted by molar-refractivity contribution is -0.119. The summed E-state index contributed by atoms with van der Waals surface area (Å²) < 4.78 is 23.3. The molecule has 1 aliphatic rings. The predicted octanol–water partition coefficient (Wildman–Crippen LogP) is 3.54. The molecule has 1 aliphatic heterocycles. The Bertz CT molecular complexity index is 970. The first-order valence-corrected chi connectivity index (χ1v) is 9.21. The molecular formula is C21H17ClFNO5. The molecule has 8 heteroatoms. The first kappa shape index (κ1) is 20.7. The van der Waals surface area contributed by atoms with Gasteiger partial charge >= 0.3 is 5.97 Å². The second kappa shape index (κ2) is 8.98. The molecule has 3 rings (SSSR count). The molecule has 0 N–H and O–H groups in total. The third kappa shape index (κ3) is 4.36. The summed E-state index contributed by atoms with van der Waals surface area (Å²) >= 11 is 6.09. The van der Waals surface area contributed by atoms with Crippen LogP contribution in [0, 0.1) is 5.82 Å². The number of hydrogen-bond acceptors (Lipinski definition) is 5. The third-order valence-corrected chi connectivity index (χ3v) is 4.54. The van der Waals surface area contributed by atoms with Gasteiger partial charge in [-0.15, -0.1) is 0 Å². The number of carbonyl (C=O) groups is 3. The van der Waals surface area contributed by atoms with E-state index in [4.69, 9.17) is 21.1 Å². The number of imide groups is 1. The molecule has 0 spiro atoms. The highest BCUT2D eigenvalue weighted by atomic mass is 35.5. The summed E-state index contributed by atoms with van der Waals surface area (Å²) in [5.41, 5.74) is 0.853. The number of rotatable bonds is 7. The van der Waals surface area contributed by atoms with Crippen LogP contribution in [0.1, 0.15) is 22.8 Å². The molecule has 6 nitrogen and oxygen atoms in total. The Hall–Kier alpha value is -3.03. The Labute approximate surface area is 171 Å². The summed E-state index contributed by atoms with van der Waals surface area (Å²) in [6.07, 6.45) is 0. The molecular weight excluding hydrogens is 401 g/mol. The first-order valence-electron chi connectivity index (χ1n) is 8.83. The lowest BCUT2D eigenvalue weighted by atomic mass is 10.1. The minimum atomic E-state index is -0.692. The Morgan fingerprint density at radius 3 is 2.28 bits per heavy atom. The van der Waals surface area contributed by atoms with E-state index >= 15 is 0 Å². The van der Waals surface area contributed by atoms with Crippen LogP contribution in [0.25, 0.3) is 5.57 Å². The first-order chi connectivity index (χ1) is 13.9. The smallest absolute Gasteiger partial charge is 0.338 e. The molecule has 2 amide bonds. The zero-order valence-corrected chi connectivity index (χ0v) is 16.2. The number of carbonyl (C=O) groups excluding carboxylic acids is 3. The standard InChI is InChI=1S/C21H17ClFNO5/c1-2-28-11-12-29-21(27)14-5-9-16(10-6-14)24-19(25)17(18(22)20(24)26)13-3-7-15(23)8-4-13/h3-10H,2,11-12H2,1H3. The largest absolute Gasteiger partial charge is 0.460 e. The van der Waals surface area contributed by atoms with Gasteiger partial charge in [0.2, 0.25) is 0 Å². The molecule has 0 fully saturated rings. The van der Waals surface area contributed by atoms with Crippen molar-refractivity contribution < 1.29 is 28.2 Å². The number of esters is 1. The average molecular weight is 418 g/mol. The molecule has 150 valence electrons. The Kier molecular flexibility index (Phi) is 6.41. The van der Waals surface area contributed by atoms with Gasteiger partial charge in [-0.2, -0.15) is 0 Å². The Morgan fingerprint density at radius 1 is 1.00 bits per heavy atom. The van der Waals surface area contributed by atoms with Crippen LogP contribution in [0.2, 0.25) is 0 Å². The molecule has 1 heterocycles. The average Bonchev–Trinajstić information content (AvgIpc) is 2.95. The fourth-order valence-corrected chi connectivity index (χ4v) is 3.05. The summed E-state index contributed by atoms with van der Waals surface area (Å²) in [6.45, 7) is 2.79. The van der Waals surface area contributed by atoms with Crippen molar-refractivity contribution in [3.63, 3.8) is 0 Å². The second-order valence-electron chi connectivity index (χ2n) is 6.02. The van der Waals surface area contributed by atoms with Gasteiger partial charge in [-0.1, -0.05) is 23.7 Å². The van der Waals surface area contributed by atoms with Crippen LogP contribution < -0.4 is 4.90 Å². The van der Waals surface area contributed by atoms with E-state index in [0.29, 0.717) is 18.8 Å². The summed E-state index contributed by atoms with van der Waals surface area (Å²) in [5.74, 6) is -2.33. The molecule has 0 saturated heterocycles. The zero-order valence-electron chi connectivity index (χ0n) is 15.5. The molecule has 0 saturated carbocycles. The van der Waals surface area contributed by atoms with Gasteiger partial charge in [-0.3, -0.25) is 9.59 Å². The summed E-state index contributed by atoms with van der Waals surface area (Å²) in [6, 6.07) is 10.9. The van der Waals surface area contributed by atoms with Crippen molar-refractivity contribution >= 4 is 40.6 Å². The van der Waals surface area contributed by atoms with Gasteiger partial charge in [-0.25, -0.2) is 14.1 Å². The molecule has 2 aromatic carbocycles. The lowest BCUT2D eigenvalue weighted by Crippen LogP contribution is -2.31. The molecule has 0 bridgehead atoms. The number of anilines is 1. The summed E-state index contributed by atoms with van der Waals surface area (Å²) in [7, 11) is 0. The predicted molar refractivity (Wildman–Crippen MR) is 105 cm³/mol. The van der Waals surface area contributed by atoms with Crippen LogP contribution in [0.5, 0.6) is 0 Å². The molecule has 0 unspecified atom stereocenters. The maximum absolute atomic E-state index is 13.1. The quantitative estimate of drug-likeness (QED) is 0.391. The molecule has 29 heavy (non-hydrogen) atoms. The normalized spacial score (nSPS) is 14.0. The SMILES string of the molecule is CCOCCOC(=O)c1ccc(N2C(=O)C(Cl)=C(c3ccc(F)cc3)C2=O)cc1. The number of amides is 2. The van der Waals surface area contributed by atoms with Crippen LogP contribution in [-0.2, 0) is 19.1 Å². The van der Waals surface area contributed by atoms with E-state index in [-0.39, 0.29) is 28.5 Å². The minimum absolute atomic E-state index is 0.00363. The van der Waals surface area contributed by atoms with Gasteiger partial charge in [-0.05, 0) is 48.9 Å². The number of nitrogens with zero attached hydrogens (tertiary/aromatic N) is 1. The van der Waals surface area contributed by atoms with Gasteiger partial charge in [0, 0.05) is 6.61 Å². The van der Waals surface area contributed by atoms with Crippen LogP contribution in [0.4, 0.5) is 10.1 Å². The van der Waals surface area contributed by atoms with Gasteiger partial charge in [0.1, 0.15) is 17.5 Å². The zero-order chi connectivity index (χ0) is 21.0. The fraction of sp³-hybridized carbons (Fsp3) is 0.190. The van der Waals surface area contributed by atoms with Gasteiger partial charge < -0.3 is 9.47 Å². The number of hydrogen-bond donors (Lipinski definition) is 0. The summed E-state index contributed by atoms with van der Waals surface area (Å²) in [5, 5.41) is -0.249. The highest BCUT2D eigenvalue weighted by Gasteiger charge is 2.39. The molecule has 0 aromatic heterocycles. The van der Waals surface area contributed by atoms with E-state index < -0.39 is 23.6 Å². The van der Waals surface area contributed by atoms with Crippen molar-refractivity contribution in [2.75, 3.05) is 24.7 Å². The van der Waals surface area contributed by atoms with E-state index in [1.165, 1.54) is 48.5 Å². The third-order valence-electron chi connectivity index (χ3n) is 4.19. The van der Waals surface area contributed by atoms with Gasteiger partial charge in [0.05, 0.1) is 23.4 Å². The molecule has 0 aliphatic carbocycles. The molecule has 0 radical (unpaired) electrons. The van der Waals surface area contributed by atoms with Crippen molar-refractivity contribution in [2.45, 2.75) is 6.92 Å². The van der Waals surface area contributed by atoms with Crippen molar-refractivity contribution in [2.24, 2.45) is 0 Å². The van der Waals surface area contributed by atoms with E-state index in [1.54, 1.807) is 0 Å². The fourth-order valence-electron chi connectivity index (χ4n) is 2.77. The molecule has 2 aromatic rings. The van der Waals surface area contributed by atoms with Crippen LogP contribution >= 0.6 is 11.6 Å². The van der Waals surface area contributed by atoms with Crippen LogP contribution in [-0.4, -0.2) is 37.6 Å². The maximum atomic E-state index is 13.1. The highest BCUT2D eigenvalue weighted by molar-refractivity contribution is 6.60. The highest BCUT2D eigenvalue weighted by Crippen LogP contribution is 2.34. The topological polar surface area (TPSA) is 72.9 Å².